The number of carbonyl (C=O) groups is 1. The number of carboxylic acid groups (broad SMARTS) is 1. The highest BCUT2D eigenvalue weighted by Crippen LogP contribution is 2.30. The van der Waals surface area contributed by atoms with Crippen molar-refractivity contribution in [3.05, 3.63) is 41.8 Å². The number of nitrogens with two attached hydrogens (primary N) is 1. The van der Waals surface area contributed by atoms with Crippen molar-refractivity contribution >= 4 is 11.9 Å². The summed E-state index contributed by atoms with van der Waals surface area (Å²) in [6.07, 6.45) is 0.490. The Hall–Kier alpha value is -3.18. The number of nitrogens with zero attached hydrogens (tertiary/aromatic N) is 3. The van der Waals surface area contributed by atoms with Crippen LogP contribution in [0, 0.1) is 23.1 Å². The molecule has 1 heterocycles. The van der Waals surface area contributed by atoms with Gasteiger partial charge in [-0.15, -0.1) is 0 Å². The number of ether oxygens (including phenoxy) is 1. The molecule has 0 spiro atoms. The molecule has 0 bridgehead atoms. The minimum Gasteiger partial charge on any atom is -0.490 e. The Morgan fingerprint density at radius 2 is 2.14 bits per heavy atom. The van der Waals surface area contributed by atoms with Crippen molar-refractivity contribution in [2.75, 3.05) is 18.6 Å². The van der Waals surface area contributed by atoms with E-state index >= 15 is 0 Å². The topological polar surface area (TPSA) is 112 Å². The first kappa shape index (κ1) is 22.1. The molecule has 154 valence electrons. The van der Waals surface area contributed by atoms with Crippen LogP contribution in [0.3, 0.4) is 0 Å². The van der Waals surface area contributed by atoms with Gasteiger partial charge in [-0.3, -0.25) is 4.90 Å². The Balaban J connectivity index is 2.33. The van der Waals surface area contributed by atoms with Crippen LogP contribution in [0.5, 0.6) is 5.75 Å². The zero-order valence-corrected chi connectivity index (χ0v) is 16.9. The van der Waals surface area contributed by atoms with Crippen LogP contribution < -0.4 is 15.4 Å². The number of aromatic nitrogens is 1. The first-order chi connectivity index (χ1) is 13.5. The van der Waals surface area contributed by atoms with Gasteiger partial charge < -0.3 is 15.6 Å². The van der Waals surface area contributed by atoms with Crippen molar-refractivity contribution in [1.29, 1.82) is 5.26 Å². The lowest BCUT2D eigenvalue weighted by Gasteiger charge is -2.26. The lowest BCUT2D eigenvalue weighted by molar-refractivity contribution is 0.203. The number of pyridine rings is 1. The van der Waals surface area contributed by atoms with E-state index in [0.717, 1.165) is 17.5 Å². The van der Waals surface area contributed by atoms with Gasteiger partial charge in [-0.2, -0.15) is 5.26 Å². The Bertz CT molecular complexity index is 938. The van der Waals surface area contributed by atoms with E-state index in [9.17, 15) is 14.4 Å². The van der Waals surface area contributed by atoms with Crippen molar-refractivity contribution in [1.82, 2.24) is 4.98 Å². The maximum absolute atomic E-state index is 14.3. The van der Waals surface area contributed by atoms with E-state index in [-0.39, 0.29) is 23.6 Å². The van der Waals surface area contributed by atoms with Gasteiger partial charge in [0, 0.05) is 18.2 Å². The highest BCUT2D eigenvalue weighted by atomic mass is 19.1. The van der Waals surface area contributed by atoms with Gasteiger partial charge in [-0.25, -0.2) is 14.2 Å². The van der Waals surface area contributed by atoms with Gasteiger partial charge in [0.15, 0.2) is 0 Å². The van der Waals surface area contributed by atoms with Crippen LogP contribution in [0.25, 0.3) is 11.1 Å². The predicted octanol–water partition coefficient (Wildman–Crippen LogP) is 4.02. The van der Waals surface area contributed by atoms with Crippen molar-refractivity contribution in [3.63, 3.8) is 0 Å². The largest absolute Gasteiger partial charge is 0.490 e. The number of anilines is 1. The second kappa shape index (κ2) is 8.88. The molecule has 0 saturated carbocycles. The lowest BCUT2D eigenvalue weighted by atomic mass is 9.93. The molecule has 1 amide bonds. The van der Waals surface area contributed by atoms with E-state index in [2.05, 4.69) is 18.8 Å². The smallest absolute Gasteiger partial charge is 0.412 e. The normalized spacial score (nSPS) is 12.9. The Labute approximate surface area is 169 Å². The van der Waals surface area contributed by atoms with E-state index < -0.39 is 17.4 Å². The molecule has 0 aliphatic carbocycles. The van der Waals surface area contributed by atoms with E-state index in [0.29, 0.717) is 17.2 Å². The first-order valence-corrected chi connectivity index (χ1v) is 9.12. The monoisotopic (exact) mass is 400 g/mol. The number of nitriles is 1. The molecule has 0 aliphatic heterocycles. The Kier molecular flexibility index (Phi) is 6.77. The van der Waals surface area contributed by atoms with Crippen molar-refractivity contribution < 1.29 is 19.0 Å². The fourth-order valence-electron chi connectivity index (χ4n) is 3.08. The third-order valence-electron chi connectivity index (χ3n) is 4.31. The van der Waals surface area contributed by atoms with E-state index in [1.807, 2.05) is 13.0 Å². The summed E-state index contributed by atoms with van der Waals surface area (Å²) in [6, 6.07) is 8.05. The molecule has 0 radical (unpaired) electrons. The van der Waals surface area contributed by atoms with Gasteiger partial charge >= 0.3 is 6.09 Å². The molecule has 7 nitrogen and oxygen atoms in total. The highest BCUT2D eigenvalue weighted by Gasteiger charge is 2.22. The van der Waals surface area contributed by atoms with E-state index in [1.165, 1.54) is 19.2 Å². The van der Waals surface area contributed by atoms with Crippen LogP contribution in [0.4, 0.5) is 15.0 Å². The number of hydrogen-bond donors (Lipinski definition) is 2. The summed E-state index contributed by atoms with van der Waals surface area (Å²) >= 11 is 0. The van der Waals surface area contributed by atoms with Gasteiger partial charge in [-0.1, -0.05) is 19.9 Å². The van der Waals surface area contributed by atoms with Crippen LogP contribution in [0.15, 0.2) is 30.5 Å². The molecule has 1 aromatic carbocycles. The quantitative estimate of drug-likeness (QED) is 0.726. The average molecular weight is 400 g/mol. The molecule has 8 heteroatoms. The predicted molar refractivity (Wildman–Crippen MR) is 108 cm³/mol. The molecule has 2 aromatic rings. The number of halogens is 1. The second-order valence-corrected chi connectivity index (χ2v) is 7.73. The van der Waals surface area contributed by atoms with Gasteiger partial charge in [-0.05, 0) is 43.0 Å². The third kappa shape index (κ3) is 5.65. The molecular formula is C21H25FN4O3. The minimum atomic E-state index is -1.22. The minimum absolute atomic E-state index is 0.0697. The molecule has 2 rings (SSSR count). The third-order valence-corrected chi connectivity index (χ3v) is 4.31. The summed E-state index contributed by atoms with van der Waals surface area (Å²) in [4.78, 5) is 15.8. The molecule has 0 aliphatic rings. The van der Waals surface area contributed by atoms with Crippen LogP contribution in [0.1, 0.15) is 32.8 Å². The SMILES string of the molecule is CC(C)C[C@](C)(N)COc1ccc(-c2cc(N(C)C(=O)O)ncc2F)cc1C#N. The van der Waals surface area contributed by atoms with Gasteiger partial charge in [0.2, 0.25) is 0 Å². The zero-order valence-electron chi connectivity index (χ0n) is 16.9. The van der Waals surface area contributed by atoms with Crippen molar-refractivity contribution in [2.24, 2.45) is 11.7 Å². The highest BCUT2D eigenvalue weighted by molar-refractivity contribution is 5.85. The van der Waals surface area contributed by atoms with E-state index in [4.69, 9.17) is 15.6 Å². The Morgan fingerprint density at radius 1 is 1.45 bits per heavy atom. The molecule has 0 unspecified atom stereocenters. The number of rotatable bonds is 7. The summed E-state index contributed by atoms with van der Waals surface area (Å²) in [5, 5.41) is 18.6. The lowest BCUT2D eigenvalue weighted by Crippen LogP contribution is -2.43. The van der Waals surface area contributed by atoms with Crippen LogP contribution in [-0.4, -0.2) is 35.4 Å². The molecule has 1 aromatic heterocycles. The second-order valence-electron chi connectivity index (χ2n) is 7.73. The van der Waals surface area contributed by atoms with Crippen LogP contribution in [-0.2, 0) is 0 Å². The molecule has 3 N–H and O–H groups in total. The number of hydrogen-bond acceptors (Lipinski definition) is 5. The number of amides is 1. The molecular weight excluding hydrogens is 375 g/mol. The van der Waals surface area contributed by atoms with E-state index in [1.54, 1.807) is 12.1 Å². The maximum atomic E-state index is 14.3. The maximum Gasteiger partial charge on any atom is 0.412 e. The fraction of sp³-hybridized carbons (Fsp3) is 0.381. The van der Waals surface area contributed by atoms with Crippen LogP contribution >= 0.6 is 0 Å². The summed E-state index contributed by atoms with van der Waals surface area (Å²) in [5.74, 6) is 0.199. The molecule has 0 saturated heterocycles. The van der Waals surface area contributed by atoms with Gasteiger partial charge in [0.05, 0.1) is 11.8 Å². The van der Waals surface area contributed by atoms with Crippen molar-refractivity contribution in [3.8, 4) is 22.9 Å². The summed E-state index contributed by atoms with van der Waals surface area (Å²) in [6.45, 7) is 6.26. The molecule has 29 heavy (non-hydrogen) atoms. The number of benzene rings is 1. The molecule has 0 fully saturated rings. The molecule has 1 atom stereocenters. The van der Waals surface area contributed by atoms with Crippen LogP contribution in [0.2, 0.25) is 0 Å². The Morgan fingerprint density at radius 3 is 2.72 bits per heavy atom. The van der Waals surface area contributed by atoms with Gasteiger partial charge in [0.25, 0.3) is 0 Å². The average Bonchev–Trinajstić information content (AvgIpc) is 2.65. The summed E-state index contributed by atoms with van der Waals surface area (Å²) in [7, 11) is 1.31. The standard InChI is InChI=1S/C21H25FN4O3/c1-13(2)9-21(3,24)12-29-18-6-5-14(7-15(18)10-23)16-8-19(25-11-17(16)22)26(4)20(27)28/h5-8,11,13H,9,12,24H2,1-4H3,(H,27,28)/t21-/m0/s1. The summed E-state index contributed by atoms with van der Waals surface area (Å²) < 4.78 is 20.1. The van der Waals surface area contributed by atoms with Crippen molar-refractivity contribution in [2.45, 2.75) is 32.7 Å². The fourth-order valence-corrected chi connectivity index (χ4v) is 3.08. The zero-order chi connectivity index (χ0) is 21.8. The summed E-state index contributed by atoms with van der Waals surface area (Å²) in [5.41, 5.74) is 6.47. The van der Waals surface area contributed by atoms with Gasteiger partial charge in [0.1, 0.15) is 30.1 Å². The first-order valence-electron chi connectivity index (χ1n) is 9.12.